The maximum atomic E-state index is 3.43. The average Bonchev–Trinajstić information content (AvgIpc) is 2.53. The summed E-state index contributed by atoms with van der Waals surface area (Å²) in [6.45, 7) is 4.30. The summed E-state index contributed by atoms with van der Waals surface area (Å²) < 4.78 is 1.14. The van der Waals surface area contributed by atoms with Crippen molar-refractivity contribution in [3.05, 3.63) is 40.4 Å². The Morgan fingerprint density at radius 2 is 1.92 bits per heavy atom. The highest BCUT2D eigenvalue weighted by Gasteiger charge is 2.10. The summed E-state index contributed by atoms with van der Waals surface area (Å²) in [4.78, 5) is 2.36. The Bertz CT molecular complexity index is 326. The highest BCUT2D eigenvalue weighted by Crippen LogP contribution is 2.21. The van der Waals surface area contributed by atoms with Crippen molar-refractivity contribution >= 4 is 21.6 Å². The molecule has 0 spiro atoms. The van der Waals surface area contributed by atoms with Crippen LogP contribution in [0.15, 0.2) is 40.4 Å². The first-order valence-corrected chi connectivity index (χ1v) is 5.21. The number of halogens is 1. The number of hydrogen-bond acceptors (Lipinski definition) is 1. The minimum absolute atomic E-state index is 1.05. The molecule has 0 N–H and O–H groups in total. The third-order valence-corrected chi connectivity index (χ3v) is 2.82. The lowest BCUT2D eigenvalue weighted by molar-refractivity contribution is 0.986. The van der Waals surface area contributed by atoms with Crippen molar-refractivity contribution in [1.29, 1.82) is 0 Å². The molecule has 1 aliphatic heterocycles. The molecule has 0 fully saturated rings. The number of rotatable bonds is 1. The molecule has 0 bridgehead atoms. The molecule has 0 aromatic heterocycles. The first-order chi connectivity index (χ1) is 6.25. The van der Waals surface area contributed by atoms with E-state index < -0.39 is 0 Å². The normalized spacial score (nSPS) is 16.2. The van der Waals surface area contributed by atoms with E-state index in [4.69, 9.17) is 0 Å². The molecular weight excluding hydrogens is 226 g/mol. The van der Waals surface area contributed by atoms with E-state index in [1.54, 1.807) is 0 Å². The largest absolute Gasteiger partial charge is 0.364 e. The van der Waals surface area contributed by atoms with Crippen molar-refractivity contribution in [3.8, 4) is 0 Å². The predicted octanol–water partition coefficient (Wildman–Crippen LogP) is 3.22. The van der Waals surface area contributed by atoms with Crippen molar-refractivity contribution in [1.82, 2.24) is 0 Å². The van der Waals surface area contributed by atoms with Crippen LogP contribution in [0.1, 0.15) is 6.92 Å². The van der Waals surface area contributed by atoms with Crippen molar-refractivity contribution in [2.24, 2.45) is 0 Å². The van der Waals surface area contributed by atoms with Crippen LogP contribution in [0.5, 0.6) is 0 Å². The Morgan fingerprint density at radius 3 is 2.46 bits per heavy atom. The summed E-state index contributed by atoms with van der Waals surface area (Å²) in [6.07, 6.45) is 2.28. The molecule has 13 heavy (non-hydrogen) atoms. The molecule has 2 heteroatoms. The number of nitrogens with zero attached hydrogens (tertiary/aromatic N) is 1. The summed E-state index contributed by atoms with van der Waals surface area (Å²) in [5.74, 6) is 0. The van der Waals surface area contributed by atoms with Gasteiger partial charge in [0, 0.05) is 23.2 Å². The van der Waals surface area contributed by atoms with E-state index in [0.29, 0.717) is 0 Å². The lowest BCUT2D eigenvalue weighted by Gasteiger charge is -2.18. The van der Waals surface area contributed by atoms with Crippen LogP contribution in [0.25, 0.3) is 0 Å². The summed E-state index contributed by atoms with van der Waals surface area (Å²) in [7, 11) is 0. The summed E-state index contributed by atoms with van der Waals surface area (Å²) >= 11 is 3.43. The van der Waals surface area contributed by atoms with Gasteiger partial charge in [-0.2, -0.15) is 0 Å². The lowest BCUT2D eigenvalue weighted by atomic mass is 10.3. The van der Waals surface area contributed by atoms with Crippen LogP contribution in [0.4, 0.5) is 5.69 Å². The average molecular weight is 238 g/mol. The third-order valence-electron chi connectivity index (χ3n) is 2.29. The van der Waals surface area contributed by atoms with Crippen molar-refractivity contribution in [3.63, 3.8) is 0 Å². The van der Waals surface area contributed by atoms with Gasteiger partial charge < -0.3 is 4.90 Å². The Labute approximate surface area is 87.2 Å². The zero-order valence-corrected chi connectivity index (χ0v) is 9.21. The van der Waals surface area contributed by atoms with Gasteiger partial charge in [-0.15, -0.1) is 0 Å². The van der Waals surface area contributed by atoms with Gasteiger partial charge in [-0.1, -0.05) is 27.6 Å². The maximum absolute atomic E-state index is 3.43. The number of benzene rings is 1. The second kappa shape index (κ2) is 3.54. The second-order valence-corrected chi connectivity index (χ2v) is 4.32. The third kappa shape index (κ3) is 1.94. The van der Waals surface area contributed by atoms with Crippen molar-refractivity contribution in [2.75, 3.05) is 18.0 Å². The molecule has 0 saturated carbocycles. The van der Waals surface area contributed by atoms with Crippen LogP contribution in [0.3, 0.4) is 0 Å². The predicted molar refractivity (Wildman–Crippen MR) is 60.1 cm³/mol. The fourth-order valence-electron chi connectivity index (χ4n) is 1.54. The molecule has 0 atom stereocenters. The molecule has 1 nitrogen and oxygen atoms in total. The van der Waals surface area contributed by atoms with E-state index in [9.17, 15) is 0 Å². The van der Waals surface area contributed by atoms with Crippen LogP contribution >= 0.6 is 15.9 Å². The van der Waals surface area contributed by atoms with Gasteiger partial charge in [-0.05, 0) is 31.2 Å². The highest BCUT2D eigenvalue weighted by atomic mass is 79.9. The quantitative estimate of drug-likeness (QED) is 0.679. The molecule has 0 unspecified atom stereocenters. The van der Waals surface area contributed by atoms with E-state index in [1.807, 2.05) is 0 Å². The Kier molecular flexibility index (Phi) is 2.40. The fraction of sp³-hybridized carbons (Fsp3) is 0.273. The fourth-order valence-corrected chi connectivity index (χ4v) is 1.81. The molecule has 1 aromatic carbocycles. The van der Waals surface area contributed by atoms with Gasteiger partial charge in [0.1, 0.15) is 0 Å². The van der Waals surface area contributed by atoms with Crippen LogP contribution in [-0.4, -0.2) is 13.1 Å². The maximum Gasteiger partial charge on any atom is 0.0390 e. The van der Waals surface area contributed by atoms with Gasteiger partial charge in [0.25, 0.3) is 0 Å². The standard InChI is InChI=1S/C11H12BrN/c1-9-6-7-13(8-9)11-4-2-10(12)3-5-11/h2-6H,7-8H2,1H3. The molecule has 2 rings (SSSR count). The number of hydrogen-bond donors (Lipinski definition) is 0. The first-order valence-electron chi connectivity index (χ1n) is 4.42. The SMILES string of the molecule is CC1=CCN(c2ccc(Br)cc2)C1. The smallest absolute Gasteiger partial charge is 0.0390 e. The molecule has 0 saturated heterocycles. The number of anilines is 1. The van der Waals surface area contributed by atoms with Crippen LogP contribution in [0, 0.1) is 0 Å². The van der Waals surface area contributed by atoms with Crippen LogP contribution < -0.4 is 4.90 Å². The Hall–Kier alpha value is -0.760. The molecule has 0 radical (unpaired) electrons. The Morgan fingerprint density at radius 1 is 1.23 bits per heavy atom. The van der Waals surface area contributed by atoms with Gasteiger partial charge in [0.2, 0.25) is 0 Å². The Balaban J connectivity index is 2.14. The highest BCUT2D eigenvalue weighted by molar-refractivity contribution is 9.10. The molecule has 0 amide bonds. The van der Waals surface area contributed by atoms with Gasteiger partial charge in [-0.25, -0.2) is 0 Å². The van der Waals surface area contributed by atoms with Crippen LogP contribution in [0.2, 0.25) is 0 Å². The topological polar surface area (TPSA) is 3.24 Å². The van der Waals surface area contributed by atoms with Gasteiger partial charge in [-0.3, -0.25) is 0 Å². The monoisotopic (exact) mass is 237 g/mol. The molecule has 68 valence electrons. The van der Waals surface area contributed by atoms with E-state index in [2.05, 4.69) is 58.1 Å². The van der Waals surface area contributed by atoms with Crippen LogP contribution in [-0.2, 0) is 0 Å². The summed E-state index contributed by atoms with van der Waals surface area (Å²) in [5, 5.41) is 0. The minimum Gasteiger partial charge on any atom is -0.364 e. The summed E-state index contributed by atoms with van der Waals surface area (Å²) in [6, 6.07) is 8.47. The lowest BCUT2D eigenvalue weighted by Crippen LogP contribution is -2.19. The van der Waals surface area contributed by atoms with E-state index in [-0.39, 0.29) is 0 Å². The zero-order chi connectivity index (χ0) is 9.26. The molecular formula is C11H12BrN. The van der Waals surface area contributed by atoms with E-state index in [1.165, 1.54) is 11.3 Å². The van der Waals surface area contributed by atoms with Crippen molar-refractivity contribution in [2.45, 2.75) is 6.92 Å². The zero-order valence-electron chi connectivity index (χ0n) is 7.63. The molecule has 1 heterocycles. The minimum atomic E-state index is 1.05. The first kappa shape index (κ1) is 8.82. The van der Waals surface area contributed by atoms with E-state index >= 15 is 0 Å². The molecule has 1 aliphatic rings. The van der Waals surface area contributed by atoms with Gasteiger partial charge >= 0.3 is 0 Å². The van der Waals surface area contributed by atoms with Gasteiger partial charge in [0.05, 0.1) is 0 Å². The van der Waals surface area contributed by atoms with E-state index in [0.717, 1.165) is 17.6 Å². The van der Waals surface area contributed by atoms with Crippen molar-refractivity contribution < 1.29 is 0 Å². The molecule has 1 aromatic rings. The molecule has 0 aliphatic carbocycles. The second-order valence-electron chi connectivity index (χ2n) is 3.41. The van der Waals surface area contributed by atoms with Gasteiger partial charge in [0.15, 0.2) is 0 Å². The summed E-state index contributed by atoms with van der Waals surface area (Å²) in [5.41, 5.74) is 2.76.